The van der Waals surface area contributed by atoms with Crippen molar-refractivity contribution in [3.05, 3.63) is 34.3 Å². The first kappa shape index (κ1) is 14.3. The van der Waals surface area contributed by atoms with Crippen molar-refractivity contribution in [2.24, 2.45) is 0 Å². The van der Waals surface area contributed by atoms with Gasteiger partial charge in [-0.3, -0.25) is 0 Å². The number of nitrogens with one attached hydrogen (secondary N) is 1. The summed E-state index contributed by atoms with van der Waals surface area (Å²) < 4.78 is 5.15. The third-order valence-corrected chi connectivity index (χ3v) is 3.92. The molecule has 19 heavy (non-hydrogen) atoms. The number of nitrogens with zero attached hydrogens (tertiary/aromatic N) is 1. The van der Waals surface area contributed by atoms with Gasteiger partial charge >= 0.3 is 0 Å². The summed E-state index contributed by atoms with van der Waals surface area (Å²) in [7, 11) is 1.61. The van der Waals surface area contributed by atoms with E-state index in [9.17, 15) is 0 Å². The number of methoxy groups -OCH3 is 1. The molecule has 1 aromatic carbocycles. The largest absolute Gasteiger partial charge is 0.495 e. The minimum atomic E-state index is 0.612. The van der Waals surface area contributed by atoms with Crippen LogP contribution in [0.15, 0.2) is 23.6 Å². The molecule has 0 radical (unpaired) electrons. The molecule has 2 aromatic rings. The Bertz CT molecular complexity index is 542. The van der Waals surface area contributed by atoms with E-state index < -0.39 is 0 Å². The molecule has 1 aromatic heterocycles. The average Bonchev–Trinajstić information content (AvgIpc) is 2.88. The number of hydrogen-bond acceptors (Lipinski definition) is 4. The van der Waals surface area contributed by atoms with E-state index in [0.717, 1.165) is 35.8 Å². The van der Waals surface area contributed by atoms with Gasteiger partial charge < -0.3 is 10.1 Å². The second-order valence-corrected chi connectivity index (χ2v) is 5.44. The van der Waals surface area contributed by atoms with Gasteiger partial charge in [-0.25, -0.2) is 4.98 Å². The molecule has 0 amide bonds. The van der Waals surface area contributed by atoms with Crippen LogP contribution < -0.4 is 10.1 Å². The van der Waals surface area contributed by atoms with Crippen molar-refractivity contribution in [1.82, 2.24) is 10.3 Å². The maximum atomic E-state index is 6.13. The lowest BCUT2D eigenvalue weighted by Gasteiger charge is -2.04. The number of rotatable bonds is 6. The van der Waals surface area contributed by atoms with E-state index in [1.54, 1.807) is 18.4 Å². The van der Waals surface area contributed by atoms with Gasteiger partial charge in [-0.15, -0.1) is 11.3 Å². The van der Waals surface area contributed by atoms with Crippen LogP contribution in [0.4, 0.5) is 0 Å². The number of hydrogen-bond donors (Lipinski definition) is 1. The van der Waals surface area contributed by atoms with Gasteiger partial charge in [0.25, 0.3) is 0 Å². The lowest BCUT2D eigenvalue weighted by atomic mass is 10.2. The van der Waals surface area contributed by atoms with Crippen LogP contribution in [-0.2, 0) is 6.54 Å². The summed E-state index contributed by atoms with van der Waals surface area (Å²) >= 11 is 7.76. The van der Waals surface area contributed by atoms with E-state index in [1.165, 1.54) is 0 Å². The Balaban J connectivity index is 2.11. The molecule has 0 aliphatic heterocycles. The number of aromatic nitrogens is 1. The fraction of sp³-hybridized carbons (Fsp3) is 0.357. The normalized spacial score (nSPS) is 10.7. The van der Waals surface area contributed by atoms with E-state index in [-0.39, 0.29) is 0 Å². The van der Waals surface area contributed by atoms with Gasteiger partial charge in [0.15, 0.2) is 0 Å². The van der Waals surface area contributed by atoms with Crippen LogP contribution in [0.25, 0.3) is 10.6 Å². The number of ether oxygens (including phenoxy) is 1. The lowest BCUT2D eigenvalue weighted by Crippen LogP contribution is -2.13. The highest BCUT2D eigenvalue weighted by Gasteiger charge is 2.07. The van der Waals surface area contributed by atoms with Crippen LogP contribution in [0.3, 0.4) is 0 Å². The number of benzene rings is 1. The van der Waals surface area contributed by atoms with Crippen LogP contribution in [0.2, 0.25) is 5.02 Å². The van der Waals surface area contributed by atoms with Crippen LogP contribution >= 0.6 is 22.9 Å². The quantitative estimate of drug-likeness (QED) is 0.819. The molecule has 1 N–H and O–H groups in total. The Morgan fingerprint density at radius 1 is 1.42 bits per heavy atom. The summed E-state index contributed by atoms with van der Waals surface area (Å²) in [6.45, 7) is 3.98. The summed E-state index contributed by atoms with van der Waals surface area (Å²) in [5.74, 6) is 0.687. The third-order valence-electron chi connectivity index (χ3n) is 2.68. The maximum absolute atomic E-state index is 6.13. The van der Waals surface area contributed by atoms with Crippen LogP contribution in [-0.4, -0.2) is 18.6 Å². The van der Waals surface area contributed by atoms with Crippen LogP contribution in [0.5, 0.6) is 5.75 Å². The van der Waals surface area contributed by atoms with Gasteiger partial charge in [-0.2, -0.15) is 0 Å². The molecule has 0 aliphatic carbocycles. The first-order valence-corrected chi connectivity index (χ1v) is 7.49. The number of halogens is 1. The Labute approximate surface area is 122 Å². The Morgan fingerprint density at radius 3 is 2.95 bits per heavy atom. The Hall–Kier alpha value is -1.10. The predicted octanol–water partition coefficient (Wildman–Crippen LogP) is 3.97. The Morgan fingerprint density at radius 2 is 2.26 bits per heavy atom. The highest BCUT2D eigenvalue weighted by molar-refractivity contribution is 7.13. The van der Waals surface area contributed by atoms with Gasteiger partial charge in [-0.1, -0.05) is 18.5 Å². The average molecular weight is 297 g/mol. The van der Waals surface area contributed by atoms with Crippen molar-refractivity contribution >= 4 is 22.9 Å². The molecule has 0 fully saturated rings. The van der Waals surface area contributed by atoms with Crippen molar-refractivity contribution in [2.45, 2.75) is 19.9 Å². The zero-order chi connectivity index (χ0) is 13.7. The van der Waals surface area contributed by atoms with Crippen molar-refractivity contribution < 1.29 is 4.74 Å². The smallest absolute Gasteiger partial charge is 0.137 e. The molecule has 0 saturated carbocycles. The van der Waals surface area contributed by atoms with Crippen molar-refractivity contribution in [3.8, 4) is 16.3 Å². The summed E-state index contributed by atoms with van der Waals surface area (Å²) in [6.07, 6.45) is 1.13. The molecular formula is C14H17ClN2OS. The molecule has 0 atom stereocenters. The molecule has 0 unspecified atom stereocenters. The second-order valence-electron chi connectivity index (χ2n) is 4.17. The minimum absolute atomic E-state index is 0.612. The van der Waals surface area contributed by atoms with Gasteiger partial charge in [0.05, 0.1) is 17.8 Å². The molecule has 3 nitrogen and oxygen atoms in total. The monoisotopic (exact) mass is 296 g/mol. The first-order chi connectivity index (χ1) is 9.24. The Kier molecular flexibility index (Phi) is 5.19. The van der Waals surface area contributed by atoms with Crippen molar-refractivity contribution in [2.75, 3.05) is 13.7 Å². The predicted molar refractivity (Wildman–Crippen MR) is 81.1 cm³/mol. The first-order valence-electron chi connectivity index (χ1n) is 6.23. The van der Waals surface area contributed by atoms with Crippen molar-refractivity contribution in [3.63, 3.8) is 0 Å². The SMILES string of the molecule is CCCNCc1csc(-c2ccc(OC)c(Cl)c2)n1. The zero-order valence-corrected chi connectivity index (χ0v) is 12.6. The summed E-state index contributed by atoms with van der Waals surface area (Å²) in [5.41, 5.74) is 2.10. The molecule has 0 bridgehead atoms. The maximum Gasteiger partial charge on any atom is 0.137 e. The fourth-order valence-electron chi connectivity index (χ4n) is 1.71. The van der Waals surface area contributed by atoms with Gasteiger partial charge in [-0.05, 0) is 31.2 Å². The molecule has 5 heteroatoms. The topological polar surface area (TPSA) is 34.1 Å². The molecule has 0 spiro atoms. The molecule has 2 rings (SSSR count). The number of thiazole rings is 1. The van der Waals surface area contributed by atoms with E-state index >= 15 is 0 Å². The van der Waals surface area contributed by atoms with E-state index in [1.807, 2.05) is 18.2 Å². The van der Waals surface area contributed by atoms with Gasteiger partial charge in [0, 0.05) is 17.5 Å². The fourth-order valence-corrected chi connectivity index (χ4v) is 2.79. The standard InChI is InChI=1S/C14H17ClN2OS/c1-3-6-16-8-11-9-19-14(17-11)10-4-5-13(18-2)12(15)7-10/h4-5,7,9,16H,3,6,8H2,1-2H3. The minimum Gasteiger partial charge on any atom is -0.495 e. The van der Waals surface area contributed by atoms with Crippen LogP contribution in [0, 0.1) is 0 Å². The zero-order valence-electron chi connectivity index (χ0n) is 11.1. The van der Waals surface area contributed by atoms with Crippen LogP contribution in [0.1, 0.15) is 19.0 Å². The van der Waals surface area contributed by atoms with E-state index in [4.69, 9.17) is 16.3 Å². The molecule has 0 saturated heterocycles. The summed E-state index contributed by atoms with van der Waals surface area (Å²) in [5, 5.41) is 7.02. The van der Waals surface area contributed by atoms with E-state index in [2.05, 4.69) is 22.6 Å². The highest BCUT2D eigenvalue weighted by Crippen LogP contribution is 2.31. The second kappa shape index (κ2) is 6.89. The summed E-state index contributed by atoms with van der Waals surface area (Å²) in [4.78, 5) is 4.61. The summed E-state index contributed by atoms with van der Waals surface area (Å²) in [6, 6.07) is 5.74. The third kappa shape index (κ3) is 3.69. The lowest BCUT2D eigenvalue weighted by molar-refractivity contribution is 0.415. The van der Waals surface area contributed by atoms with Crippen molar-refractivity contribution in [1.29, 1.82) is 0 Å². The molecule has 102 valence electrons. The van der Waals surface area contributed by atoms with Gasteiger partial charge in [0.2, 0.25) is 0 Å². The highest BCUT2D eigenvalue weighted by atomic mass is 35.5. The molecular weight excluding hydrogens is 280 g/mol. The van der Waals surface area contributed by atoms with E-state index in [0.29, 0.717) is 10.8 Å². The molecule has 0 aliphatic rings. The van der Waals surface area contributed by atoms with Gasteiger partial charge in [0.1, 0.15) is 10.8 Å². The molecule has 1 heterocycles.